The third-order valence-corrected chi connectivity index (χ3v) is 6.14. The van der Waals surface area contributed by atoms with Gasteiger partial charge >= 0.3 is 0 Å². The normalized spacial score (nSPS) is 27.7. The van der Waals surface area contributed by atoms with E-state index < -0.39 is 9.84 Å². The first-order valence-corrected chi connectivity index (χ1v) is 9.09. The Kier molecular flexibility index (Phi) is 5.04. The molecule has 2 heterocycles. The monoisotopic (exact) mass is 274 g/mol. The van der Waals surface area contributed by atoms with Crippen molar-refractivity contribution in [2.24, 2.45) is 5.92 Å². The number of rotatable bonds is 5. The van der Waals surface area contributed by atoms with Crippen LogP contribution < -0.4 is 5.32 Å². The maximum absolute atomic E-state index is 11.5. The van der Waals surface area contributed by atoms with Crippen LogP contribution in [0.5, 0.6) is 0 Å². The van der Waals surface area contributed by atoms with Crippen LogP contribution in [-0.4, -0.2) is 57.0 Å². The average Bonchev–Trinajstić information content (AvgIpc) is 2.91. The van der Waals surface area contributed by atoms with Crippen LogP contribution in [0.15, 0.2) is 0 Å². The Morgan fingerprint density at radius 2 is 1.94 bits per heavy atom. The van der Waals surface area contributed by atoms with E-state index in [-0.39, 0.29) is 5.75 Å². The summed E-state index contributed by atoms with van der Waals surface area (Å²) < 4.78 is 23.0. The topological polar surface area (TPSA) is 49.4 Å². The van der Waals surface area contributed by atoms with E-state index in [4.69, 9.17) is 0 Å². The van der Waals surface area contributed by atoms with Gasteiger partial charge in [-0.3, -0.25) is 0 Å². The van der Waals surface area contributed by atoms with Crippen molar-refractivity contribution in [3.63, 3.8) is 0 Å². The van der Waals surface area contributed by atoms with Crippen molar-refractivity contribution in [1.29, 1.82) is 0 Å². The lowest BCUT2D eigenvalue weighted by molar-refractivity contribution is 0.170. The van der Waals surface area contributed by atoms with Crippen molar-refractivity contribution in [3.8, 4) is 0 Å². The molecule has 0 saturated carbocycles. The molecule has 2 fully saturated rings. The van der Waals surface area contributed by atoms with Crippen molar-refractivity contribution in [2.75, 3.05) is 37.7 Å². The standard InChI is InChI=1S/C13H26N2O2S/c1-2-18(16,17)11-10-15-8-5-12(6-9-15)13-4-3-7-14-13/h12-14H,2-11H2,1H3. The molecule has 0 radical (unpaired) electrons. The van der Waals surface area contributed by atoms with Gasteiger partial charge in [-0.1, -0.05) is 6.92 Å². The highest BCUT2D eigenvalue weighted by Crippen LogP contribution is 2.25. The predicted octanol–water partition coefficient (Wildman–Crippen LogP) is 0.885. The Morgan fingerprint density at radius 1 is 1.22 bits per heavy atom. The fourth-order valence-corrected chi connectivity index (χ4v) is 3.93. The van der Waals surface area contributed by atoms with Gasteiger partial charge in [0.2, 0.25) is 0 Å². The zero-order valence-electron chi connectivity index (χ0n) is 11.4. The third kappa shape index (κ3) is 3.93. The van der Waals surface area contributed by atoms with Crippen LogP contribution in [0.3, 0.4) is 0 Å². The molecule has 5 heteroatoms. The summed E-state index contributed by atoms with van der Waals surface area (Å²) in [5.74, 6) is 1.41. The van der Waals surface area contributed by atoms with E-state index in [1.54, 1.807) is 6.92 Å². The maximum atomic E-state index is 11.5. The van der Waals surface area contributed by atoms with E-state index in [9.17, 15) is 8.42 Å². The Morgan fingerprint density at radius 3 is 2.50 bits per heavy atom. The van der Waals surface area contributed by atoms with Crippen molar-refractivity contribution < 1.29 is 8.42 Å². The summed E-state index contributed by atoms with van der Waals surface area (Å²) in [4.78, 5) is 2.32. The van der Waals surface area contributed by atoms with Gasteiger partial charge in [0.1, 0.15) is 0 Å². The van der Waals surface area contributed by atoms with E-state index in [1.165, 1.54) is 32.2 Å². The Bertz CT molecular complexity index is 342. The largest absolute Gasteiger partial charge is 0.314 e. The Balaban J connectivity index is 1.70. The van der Waals surface area contributed by atoms with Gasteiger partial charge in [-0.05, 0) is 51.2 Å². The molecular formula is C13H26N2O2S. The Hall–Kier alpha value is -0.130. The van der Waals surface area contributed by atoms with Gasteiger partial charge in [0.15, 0.2) is 9.84 Å². The number of piperidine rings is 1. The molecule has 2 aliphatic heterocycles. The quantitative estimate of drug-likeness (QED) is 0.809. The summed E-state index contributed by atoms with van der Waals surface area (Å²) in [6, 6.07) is 0.728. The number of nitrogens with zero attached hydrogens (tertiary/aromatic N) is 1. The van der Waals surface area contributed by atoms with Crippen LogP contribution in [0, 0.1) is 5.92 Å². The fraction of sp³-hybridized carbons (Fsp3) is 1.00. The van der Waals surface area contributed by atoms with Crippen molar-refractivity contribution in [2.45, 2.75) is 38.6 Å². The van der Waals surface area contributed by atoms with Crippen LogP contribution >= 0.6 is 0 Å². The van der Waals surface area contributed by atoms with Crippen molar-refractivity contribution in [3.05, 3.63) is 0 Å². The zero-order chi connectivity index (χ0) is 13.0. The van der Waals surface area contributed by atoms with Crippen LogP contribution in [-0.2, 0) is 9.84 Å². The van der Waals surface area contributed by atoms with Gasteiger partial charge in [0, 0.05) is 18.3 Å². The van der Waals surface area contributed by atoms with E-state index in [0.717, 1.165) is 31.6 Å². The second-order valence-corrected chi connectivity index (χ2v) is 8.09. The molecule has 0 amide bonds. The van der Waals surface area contributed by atoms with E-state index in [0.29, 0.717) is 5.75 Å². The van der Waals surface area contributed by atoms with Gasteiger partial charge in [0.25, 0.3) is 0 Å². The molecular weight excluding hydrogens is 248 g/mol. The molecule has 0 aromatic heterocycles. The smallest absolute Gasteiger partial charge is 0.151 e. The minimum Gasteiger partial charge on any atom is -0.314 e. The highest BCUT2D eigenvalue weighted by molar-refractivity contribution is 7.91. The summed E-state index contributed by atoms with van der Waals surface area (Å²) in [5, 5.41) is 3.59. The van der Waals surface area contributed by atoms with Gasteiger partial charge in [-0.15, -0.1) is 0 Å². The molecule has 0 aromatic carbocycles. The second-order valence-electron chi connectivity index (χ2n) is 5.62. The molecule has 0 aliphatic carbocycles. The summed E-state index contributed by atoms with van der Waals surface area (Å²) >= 11 is 0. The molecule has 2 aliphatic rings. The first-order valence-electron chi connectivity index (χ1n) is 7.27. The molecule has 0 aromatic rings. The summed E-state index contributed by atoms with van der Waals surface area (Å²) in [6.45, 7) is 5.78. The predicted molar refractivity (Wildman–Crippen MR) is 74.5 cm³/mol. The van der Waals surface area contributed by atoms with Gasteiger partial charge in [-0.25, -0.2) is 8.42 Å². The van der Waals surface area contributed by atoms with Crippen LogP contribution in [0.25, 0.3) is 0 Å². The molecule has 0 spiro atoms. The number of hydrogen-bond donors (Lipinski definition) is 1. The average molecular weight is 274 g/mol. The van der Waals surface area contributed by atoms with Gasteiger partial charge in [-0.2, -0.15) is 0 Å². The van der Waals surface area contributed by atoms with Gasteiger partial charge < -0.3 is 10.2 Å². The number of nitrogens with one attached hydrogen (secondary N) is 1. The molecule has 106 valence electrons. The molecule has 1 atom stereocenters. The highest BCUT2D eigenvalue weighted by Gasteiger charge is 2.28. The minimum atomic E-state index is -2.80. The molecule has 18 heavy (non-hydrogen) atoms. The highest BCUT2D eigenvalue weighted by atomic mass is 32.2. The first kappa shape index (κ1) is 14.3. The van der Waals surface area contributed by atoms with Crippen molar-refractivity contribution in [1.82, 2.24) is 10.2 Å². The SMILES string of the molecule is CCS(=O)(=O)CCN1CCC(C2CCCN2)CC1. The van der Waals surface area contributed by atoms with Crippen LogP contribution in [0.4, 0.5) is 0 Å². The molecule has 1 N–H and O–H groups in total. The minimum absolute atomic E-state index is 0.273. The third-order valence-electron chi connectivity index (χ3n) is 4.46. The fourth-order valence-electron chi connectivity index (χ4n) is 3.11. The van der Waals surface area contributed by atoms with E-state index >= 15 is 0 Å². The lowest BCUT2D eigenvalue weighted by atomic mass is 9.88. The molecule has 4 nitrogen and oxygen atoms in total. The van der Waals surface area contributed by atoms with Crippen LogP contribution in [0.1, 0.15) is 32.6 Å². The lowest BCUT2D eigenvalue weighted by Crippen LogP contribution is -2.42. The molecule has 2 rings (SSSR count). The molecule has 1 unspecified atom stereocenters. The van der Waals surface area contributed by atoms with Crippen LogP contribution in [0.2, 0.25) is 0 Å². The van der Waals surface area contributed by atoms with E-state index in [1.807, 2.05) is 0 Å². The summed E-state index contributed by atoms with van der Waals surface area (Å²) in [7, 11) is -2.80. The van der Waals surface area contributed by atoms with E-state index in [2.05, 4.69) is 10.2 Å². The molecule has 2 saturated heterocycles. The zero-order valence-corrected chi connectivity index (χ0v) is 12.2. The van der Waals surface area contributed by atoms with Gasteiger partial charge in [0.05, 0.1) is 5.75 Å². The first-order chi connectivity index (χ1) is 8.61. The van der Waals surface area contributed by atoms with Crippen molar-refractivity contribution >= 4 is 9.84 Å². The number of hydrogen-bond acceptors (Lipinski definition) is 4. The molecule has 0 bridgehead atoms. The second kappa shape index (κ2) is 6.35. The Labute approximate surface area is 111 Å². The summed E-state index contributed by atoms with van der Waals surface area (Å²) in [5.41, 5.74) is 0. The number of likely N-dealkylation sites (tertiary alicyclic amines) is 1. The number of sulfone groups is 1. The lowest BCUT2D eigenvalue weighted by Gasteiger charge is -2.34. The maximum Gasteiger partial charge on any atom is 0.151 e. The summed E-state index contributed by atoms with van der Waals surface area (Å²) in [6.07, 6.45) is 5.10.